The van der Waals surface area contributed by atoms with Crippen LogP contribution in [0.4, 0.5) is 0 Å². The molecule has 0 bridgehead atoms. The van der Waals surface area contributed by atoms with Crippen LogP contribution >= 0.6 is 7.60 Å². The standard InChI is InChI=1S/C20H27O3P/c1-17(15-20(2,3)4)16-24(21,22-18-11-7-5-8-12-18)23-19-13-9-6-10-14-19/h5-14,17H,15-16H2,1-4H3. The van der Waals surface area contributed by atoms with Gasteiger partial charge in [-0.2, -0.15) is 0 Å². The van der Waals surface area contributed by atoms with Gasteiger partial charge in [-0.1, -0.05) is 64.1 Å². The van der Waals surface area contributed by atoms with Crippen LogP contribution in [0, 0.1) is 11.3 Å². The van der Waals surface area contributed by atoms with E-state index in [1.54, 1.807) is 24.3 Å². The van der Waals surface area contributed by atoms with Crippen LogP contribution in [0.3, 0.4) is 0 Å². The highest BCUT2D eigenvalue weighted by molar-refractivity contribution is 7.54. The third-order valence-corrected chi connectivity index (χ3v) is 5.52. The predicted molar refractivity (Wildman–Crippen MR) is 99.8 cm³/mol. The fraction of sp³-hybridized carbons (Fsp3) is 0.400. The number of hydrogen-bond acceptors (Lipinski definition) is 3. The van der Waals surface area contributed by atoms with Crippen molar-refractivity contribution in [2.45, 2.75) is 34.1 Å². The molecule has 0 radical (unpaired) electrons. The highest BCUT2D eigenvalue weighted by atomic mass is 31.2. The molecule has 0 saturated heterocycles. The van der Waals surface area contributed by atoms with Gasteiger partial charge in [-0.05, 0) is 42.0 Å². The lowest BCUT2D eigenvalue weighted by Gasteiger charge is -2.27. The molecule has 4 heteroatoms. The molecule has 0 amide bonds. The molecular weight excluding hydrogens is 319 g/mol. The zero-order valence-electron chi connectivity index (χ0n) is 14.9. The molecular formula is C20H27O3P. The molecule has 0 spiro atoms. The van der Waals surface area contributed by atoms with Gasteiger partial charge in [0.15, 0.2) is 0 Å². The zero-order valence-corrected chi connectivity index (χ0v) is 15.8. The zero-order chi connectivity index (χ0) is 17.6. The SMILES string of the molecule is CC(CC(C)(C)C)CP(=O)(Oc1ccccc1)Oc1ccccc1. The largest absolute Gasteiger partial charge is 0.430 e. The summed E-state index contributed by atoms with van der Waals surface area (Å²) in [4.78, 5) is 0. The molecule has 2 aromatic carbocycles. The van der Waals surface area contributed by atoms with Crippen LogP contribution in [0.5, 0.6) is 11.5 Å². The average Bonchev–Trinajstić information content (AvgIpc) is 2.46. The summed E-state index contributed by atoms with van der Waals surface area (Å²) in [7, 11) is -3.31. The van der Waals surface area contributed by atoms with Gasteiger partial charge in [-0.15, -0.1) is 0 Å². The monoisotopic (exact) mass is 346 g/mol. The number of rotatable bonds is 7. The lowest BCUT2D eigenvalue weighted by Crippen LogP contribution is -2.17. The minimum absolute atomic E-state index is 0.170. The van der Waals surface area contributed by atoms with E-state index in [2.05, 4.69) is 27.7 Å². The average molecular weight is 346 g/mol. The summed E-state index contributed by atoms with van der Waals surface area (Å²) in [6.07, 6.45) is 1.33. The molecule has 0 N–H and O–H groups in total. The van der Waals surface area contributed by atoms with E-state index in [0.29, 0.717) is 17.7 Å². The highest BCUT2D eigenvalue weighted by Crippen LogP contribution is 2.50. The van der Waals surface area contributed by atoms with Gasteiger partial charge in [0.1, 0.15) is 11.5 Å². The molecule has 0 fully saturated rings. The Morgan fingerprint density at radius 2 is 1.29 bits per heavy atom. The van der Waals surface area contributed by atoms with Gasteiger partial charge in [0.2, 0.25) is 0 Å². The Hall–Kier alpha value is -1.73. The van der Waals surface area contributed by atoms with E-state index < -0.39 is 7.60 Å². The molecule has 2 aromatic rings. The van der Waals surface area contributed by atoms with Crippen molar-refractivity contribution < 1.29 is 13.6 Å². The van der Waals surface area contributed by atoms with Crippen molar-refractivity contribution in [3.8, 4) is 11.5 Å². The van der Waals surface area contributed by atoms with E-state index in [-0.39, 0.29) is 11.3 Å². The Labute approximate surface area is 145 Å². The van der Waals surface area contributed by atoms with Crippen LogP contribution in [-0.2, 0) is 4.57 Å². The normalized spacial score (nSPS) is 13.3. The van der Waals surface area contributed by atoms with Gasteiger partial charge in [-0.25, -0.2) is 4.57 Å². The molecule has 0 aliphatic heterocycles. The first-order valence-electron chi connectivity index (χ1n) is 8.34. The van der Waals surface area contributed by atoms with Crippen molar-refractivity contribution >= 4 is 7.60 Å². The topological polar surface area (TPSA) is 35.5 Å². The van der Waals surface area contributed by atoms with E-state index in [1.807, 2.05) is 36.4 Å². The van der Waals surface area contributed by atoms with Crippen LogP contribution in [0.1, 0.15) is 34.1 Å². The molecule has 0 aromatic heterocycles. The quantitative estimate of drug-likeness (QED) is 0.543. The van der Waals surface area contributed by atoms with Crippen molar-refractivity contribution in [1.29, 1.82) is 0 Å². The summed E-state index contributed by atoms with van der Waals surface area (Å²) >= 11 is 0. The van der Waals surface area contributed by atoms with Gasteiger partial charge in [0.25, 0.3) is 0 Å². The van der Waals surface area contributed by atoms with E-state index in [4.69, 9.17) is 9.05 Å². The lowest BCUT2D eigenvalue weighted by molar-refractivity contribution is 0.308. The summed E-state index contributed by atoms with van der Waals surface area (Å²) in [5.74, 6) is 1.36. The van der Waals surface area contributed by atoms with E-state index >= 15 is 0 Å². The summed E-state index contributed by atoms with van der Waals surface area (Å²) < 4.78 is 25.1. The first-order valence-corrected chi connectivity index (χ1v) is 10.1. The Morgan fingerprint density at radius 3 is 1.67 bits per heavy atom. The molecule has 0 heterocycles. The predicted octanol–water partition coefficient (Wildman–Crippen LogP) is 6.41. The maximum absolute atomic E-state index is 13.4. The first-order chi connectivity index (χ1) is 11.3. The Morgan fingerprint density at radius 1 is 0.875 bits per heavy atom. The lowest BCUT2D eigenvalue weighted by atomic mass is 9.86. The van der Waals surface area contributed by atoms with Gasteiger partial charge < -0.3 is 9.05 Å². The molecule has 0 aliphatic rings. The third kappa shape index (κ3) is 6.41. The molecule has 1 atom stereocenters. The maximum Gasteiger partial charge on any atom is 0.430 e. The van der Waals surface area contributed by atoms with Crippen LogP contribution < -0.4 is 9.05 Å². The fourth-order valence-corrected chi connectivity index (χ4v) is 4.83. The van der Waals surface area contributed by atoms with Gasteiger partial charge in [-0.3, -0.25) is 0 Å². The molecule has 2 rings (SSSR count). The fourth-order valence-electron chi connectivity index (χ4n) is 2.87. The summed E-state index contributed by atoms with van der Waals surface area (Å²) in [6, 6.07) is 18.5. The minimum Gasteiger partial charge on any atom is -0.416 e. The van der Waals surface area contributed by atoms with Gasteiger partial charge in [0, 0.05) is 0 Å². The summed E-state index contributed by atoms with van der Waals surface area (Å²) in [5, 5.41) is 0. The summed E-state index contributed by atoms with van der Waals surface area (Å²) in [5.41, 5.74) is 0.170. The molecule has 3 nitrogen and oxygen atoms in total. The smallest absolute Gasteiger partial charge is 0.416 e. The van der Waals surface area contributed by atoms with Crippen molar-refractivity contribution in [3.05, 3.63) is 60.7 Å². The van der Waals surface area contributed by atoms with Crippen LogP contribution in [0.2, 0.25) is 0 Å². The van der Waals surface area contributed by atoms with Crippen molar-refractivity contribution in [1.82, 2.24) is 0 Å². The number of para-hydroxylation sites is 2. The van der Waals surface area contributed by atoms with E-state index in [0.717, 1.165) is 6.42 Å². The van der Waals surface area contributed by atoms with Crippen molar-refractivity contribution in [2.24, 2.45) is 11.3 Å². The Kier molecular flexibility index (Phi) is 6.12. The Balaban J connectivity index is 2.18. The van der Waals surface area contributed by atoms with Crippen molar-refractivity contribution in [3.63, 3.8) is 0 Å². The van der Waals surface area contributed by atoms with Crippen LogP contribution in [-0.4, -0.2) is 6.16 Å². The molecule has 130 valence electrons. The third-order valence-electron chi connectivity index (χ3n) is 3.47. The number of hydrogen-bond donors (Lipinski definition) is 0. The van der Waals surface area contributed by atoms with E-state index in [1.165, 1.54) is 0 Å². The second kappa shape index (κ2) is 7.90. The molecule has 1 unspecified atom stereocenters. The van der Waals surface area contributed by atoms with Gasteiger partial charge in [0.05, 0.1) is 6.16 Å². The van der Waals surface area contributed by atoms with Crippen molar-refractivity contribution in [2.75, 3.05) is 6.16 Å². The second-order valence-corrected chi connectivity index (χ2v) is 9.42. The first kappa shape index (κ1) is 18.6. The van der Waals surface area contributed by atoms with E-state index in [9.17, 15) is 4.57 Å². The maximum atomic E-state index is 13.4. The molecule has 24 heavy (non-hydrogen) atoms. The second-order valence-electron chi connectivity index (χ2n) is 7.47. The molecule has 0 saturated carbocycles. The van der Waals surface area contributed by atoms with Gasteiger partial charge >= 0.3 is 7.60 Å². The molecule has 0 aliphatic carbocycles. The Bertz CT molecular complexity index is 617. The minimum atomic E-state index is -3.31. The van der Waals surface area contributed by atoms with Crippen LogP contribution in [0.25, 0.3) is 0 Å². The van der Waals surface area contributed by atoms with Crippen LogP contribution in [0.15, 0.2) is 60.7 Å². The number of benzene rings is 2. The highest BCUT2D eigenvalue weighted by Gasteiger charge is 2.32. The summed E-state index contributed by atoms with van der Waals surface area (Å²) in [6.45, 7) is 8.65.